The molecule has 2 amide bonds. The number of nitrogens with one attached hydrogen (secondary N) is 2. The van der Waals surface area contributed by atoms with E-state index in [0.717, 1.165) is 23.4 Å². The summed E-state index contributed by atoms with van der Waals surface area (Å²) >= 11 is 0.898. The third-order valence-corrected chi connectivity index (χ3v) is 6.22. The number of carbonyl (C=O) groups excluding carboxylic acids is 2. The number of rotatable bonds is 11. The minimum Gasteiger partial charge on any atom is -0.366 e. The lowest BCUT2D eigenvalue weighted by Crippen LogP contribution is -2.34. The molecule has 0 atom stereocenters. The van der Waals surface area contributed by atoms with Crippen molar-refractivity contribution >= 4 is 39.3 Å². The quantitative estimate of drug-likeness (QED) is 0.260. The Hall–Kier alpha value is -2.96. The predicted octanol–water partition coefficient (Wildman–Crippen LogP) is 1.02. The largest absolute Gasteiger partial charge is 0.366 e. The van der Waals surface area contributed by atoms with Gasteiger partial charge in [0, 0.05) is 24.7 Å². The lowest BCUT2D eigenvalue weighted by atomic mass is 10.2. The van der Waals surface area contributed by atoms with Crippen LogP contribution in [0.3, 0.4) is 0 Å². The summed E-state index contributed by atoms with van der Waals surface area (Å²) in [5, 5.41) is 13.6. The summed E-state index contributed by atoms with van der Waals surface area (Å²) in [6.07, 6.45) is 0. The van der Waals surface area contributed by atoms with Crippen LogP contribution in [0.15, 0.2) is 53.4 Å². The summed E-state index contributed by atoms with van der Waals surface area (Å²) in [5.41, 5.74) is 5.58. The molecule has 0 spiro atoms. The molecule has 0 aliphatic heterocycles. The molecule has 0 aromatic heterocycles. The molecule has 12 heteroatoms. The number of thioether (sulfide) groups is 1. The molecule has 160 valence electrons. The second-order valence-corrected chi connectivity index (χ2v) is 9.01. The van der Waals surface area contributed by atoms with Gasteiger partial charge in [-0.1, -0.05) is 30.3 Å². The number of nitrogens with two attached hydrogens (primary N) is 1. The smallest absolute Gasteiger partial charge is 0.283 e. The second kappa shape index (κ2) is 10.7. The van der Waals surface area contributed by atoms with Crippen LogP contribution in [0.2, 0.25) is 0 Å². The molecule has 0 aliphatic rings. The standard InChI is InChI=1S/C18H20N4O6S2/c19-18(24)14-6-7-16(15(10-14)22(25)26)29-12-17(23)20-8-9-30(27,28)21-11-13-4-2-1-3-5-13/h1-7,10,21H,8-9,11-12H2,(H2,19,24)(H,20,23). The van der Waals surface area contributed by atoms with E-state index < -0.39 is 26.8 Å². The minimum atomic E-state index is -3.58. The molecule has 30 heavy (non-hydrogen) atoms. The maximum atomic E-state index is 12.0. The Bertz CT molecular complexity index is 1030. The number of primary amides is 1. The molecule has 0 saturated carbocycles. The first-order valence-corrected chi connectivity index (χ1v) is 11.3. The minimum absolute atomic E-state index is 0.0105. The fourth-order valence-corrected chi connectivity index (χ4v) is 4.05. The lowest BCUT2D eigenvalue weighted by molar-refractivity contribution is -0.387. The first-order valence-electron chi connectivity index (χ1n) is 8.67. The summed E-state index contributed by atoms with van der Waals surface area (Å²) < 4.78 is 26.4. The number of carbonyl (C=O) groups is 2. The fourth-order valence-electron chi connectivity index (χ4n) is 2.32. The number of nitro groups is 1. The molecule has 0 unspecified atom stereocenters. The summed E-state index contributed by atoms with van der Waals surface area (Å²) in [7, 11) is -3.58. The van der Waals surface area contributed by atoms with E-state index in [1.807, 2.05) is 6.07 Å². The van der Waals surface area contributed by atoms with E-state index in [1.165, 1.54) is 12.1 Å². The van der Waals surface area contributed by atoms with Gasteiger partial charge in [0.1, 0.15) is 0 Å². The van der Waals surface area contributed by atoms with E-state index in [0.29, 0.717) is 0 Å². The third kappa shape index (κ3) is 7.46. The molecule has 0 fully saturated rings. The maximum absolute atomic E-state index is 12.0. The van der Waals surface area contributed by atoms with Crippen LogP contribution in [-0.4, -0.2) is 43.2 Å². The number of nitro benzene ring substituents is 1. The zero-order chi connectivity index (χ0) is 22.1. The molecule has 4 N–H and O–H groups in total. The highest BCUT2D eigenvalue weighted by molar-refractivity contribution is 8.00. The summed E-state index contributed by atoms with van der Waals surface area (Å²) in [5.74, 6) is -1.74. The normalized spacial score (nSPS) is 11.1. The lowest BCUT2D eigenvalue weighted by Gasteiger charge is -2.08. The monoisotopic (exact) mass is 452 g/mol. The molecule has 0 radical (unpaired) electrons. The van der Waals surface area contributed by atoms with Gasteiger partial charge in [0.25, 0.3) is 5.69 Å². The average Bonchev–Trinajstić information content (AvgIpc) is 2.71. The van der Waals surface area contributed by atoms with Gasteiger partial charge < -0.3 is 11.1 Å². The average molecular weight is 453 g/mol. The molecule has 0 heterocycles. The van der Waals surface area contributed by atoms with E-state index in [2.05, 4.69) is 10.0 Å². The van der Waals surface area contributed by atoms with E-state index in [4.69, 9.17) is 5.73 Å². The highest BCUT2D eigenvalue weighted by Gasteiger charge is 2.18. The number of hydrogen-bond donors (Lipinski definition) is 3. The second-order valence-electron chi connectivity index (χ2n) is 6.07. The molecule has 2 aromatic rings. The van der Waals surface area contributed by atoms with Gasteiger partial charge in [-0.2, -0.15) is 0 Å². The van der Waals surface area contributed by atoms with Crippen LogP contribution in [0.25, 0.3) is 0 Å². The Balaban J connectivity index is 1.81. The number of benzene rings is 2. The van der Waals surface area contributed by atoms with Crippen molar-refractivity contribution in [3.63, 3.8) is 0 Å². The van der Waals surface area contributed by atoms with Gasteiger partial charge in [-0.25, -0.2) is 13.1 Å². The highest BCUT2D eigenvalue weighted by Crippen LogP contribution is 2.29. The van der Waals surface area contributed by atoms with Crippen LogP contribution >= 0.6 is 11.8 Å². The summed E-state index contributed by atoms with van der Waals surface area (Å²) in [6.45, 7) is 0.0458. The fraction of sp³-hybridized carbons (Fsp3) is 0.222. The Kier molecular flexibility index (Phi) is 8.33. The van der Waals surface area contributed by atoms with Crippen LogP contribution in [-0.2, 0) is 21.4 Å². The van der Waals surface area contributed by atoms with Gasteiger partial charge >= 0.3 is 0 Å². The van der Waals surface area contributed by atoms with Gasteiger partial charge in [0.2, 0.25) is 21.8 Å². The Morgan fingerprint density at radius 2 is 1.83 bits per heavy atom. The molecular formula is C18H20N4O6S2. The molecule has 2 rings (SSSR count). The zero-order valence-electron chi connectivity index (χ0n) is 15.7. The van der Waals surface area contributed by atoms with Crippen molar-refractivity contribution in [2.75, 3.05) is 18.1 Å². The van der Waals surface area contributed by atoms with Crippen LogP contribution in [0.5, 0.6) is 0 Å². The Morgan fingerprint density at radius 1 is 1.13 bits per heavy atom. The van der Waals surface area contributed by atoms with Crippen molar-refractivity contribution in [2.45, 2.75) is 11.4 Å². The van der Waals surface area contributed by atoms with Crippen molar-refractivity contribution < 1.29 is 22.9 Å². The Morgan fingerprint density at radius 3 is 2.47 bits per heavy atom. The maximum Gasteiger partial charge on any atom is 0.283 e. The number of amides is 2. The summed E-state index contributed by atoms with van der Waals surface area (Å²) in [4.78, 5) is 33.8. The van der Waals surface area contributed by atoms with Crippen LogP contribution in [0, 0.1) is 10.1 Å². The molecule has 2 aromatic carbocycles. The van der Waals surface area contributed by atoms with Crippen LogP contribution in [0.1, 0.15) is 15.9 Å². The topological polar surface area (TPSA) is 162 Å². The molecule has 0 aliphatic carbocycles. The van der Waals surface area contributed by atoms with Gasteiger partial charge in [-0.05, 0) is 17.7 Å². The van der Waals surface area contributed by atoms with E-state index in [-0.39, 0.29) is 40.7 Å². The Labute approximate surface area is 177 Å². The van der Waals surface area contributed by atoms with Crippen molar-refractivity contribution in [3.05, 3.63) is 69.8 Å². The number of sulfonamides is 1. The predicted molar refractivity (Wildman–Crippen MR) is 112 cm³/mol. The van der Waals surface area contributed by atoms with Crippen molar-refractivity contribution in [1.29, 1.82) is 0 Å². The number of nitrogens with zero attached hydrogens (tertiary/aromatic N) is 1. The van der Waals surface area contributed by atoms with E-state index >= 15 is 0 Å². The van der Waals surface area contributed by atoms with Crippen molar-refractivity contribution in [3.8, 4) is 0 Å². The van der Waals surface area contributed by atoms with E-state index in [1.54, 1.807) is 24.3 Å². The molecular weight excluding hydrogens is 432 g/mol. The zero-order valence-corrected chi connectivity index (χ0v) is 17.4. The molecule has 0 saturated heterocycles. The molecule has 0 bridgehead atoms. The first-order chi connectivity index (χ1) is 14.2. The summed E-state index contributed by atoms with van der Waals surface area (Å²) in [6, 6.07) is 12.7. The number of hydrogen-bond acceptors (Lipinski definition) is 7. The highest BCUT2D eigenvalue weighted by atomic mass is 32.2. The SMILES string of the molecule is NC(=O)c1ccc(SCC(=O)NCCS(=O)(=O)NCc2ccccc2)c([N+](=O)[O-])c1. The van der Waals surface area contributed by atoms with Crippen molar-refractivity contribution in [2.24, 2.45) is 5.73 Å². The van der Waals surface area contributed by atoms with Crippen molar-refractivity contribution in [1.82, 2.24) is 10.0 Å². The van der Waals surface area contributed by atoms with E-state index in [9.17, 15) is 28.1 Å². The first kappa shape index (κ1) is 23.3. The molecule has 10 nitrogen and oxygen atoms in total. The van der Waals surface area contributed by atoms with Gasteiger partial charge in [-0.15, -0.1) is 11.8 Å². The van der Waals surface area contributed by atoms with Gasteiger partial charge in [-0.3, -0.25) is 19.7 Å². The van der Waals surface area contributed by atoms with Gasteiger partial charge in [0.05, 0.1) is 21.3 Å². The third-order valence-electron chi connectivity index (χ3n) is 3.83. The van der Waals surface area contributed by atoms with Gasteiger partial charge in [0.15, 0.2) is 0 Å². The van der Waals surface area contributed by atoms with Crippen LogP contribution < -0.4 is 15.8 Å². The van der Waals surface area contributed by atoms with Crippen LogP contribution in [0.4, 0.5) is 5.69 Å².